The zero-order chi connectivity index (χ0) is 14.7. The number of carbonyl (C=O) groups is 1. The van der Waals surface area contributed by atoms with E-state index in [4.69, 9.17) is 23.2 Å². The van der Waals surface area contributed by atoms with E-state index in [1.807, 2.05) is 4.90 Å². The molecule has 1 N–H and O–H groups in total. The van der Waals surface area contributed by atoms with Crippen LogP contribution in [-0.2, 0) is 0 Å². The van der Waals surface area contributed by atoms with E-state index in [1.54, 1.807) is 18.2 Å². The minimum absolute atomic E-state index is 0. The van der Waals surface area contributed by atoms with Crippen LogP contribution < -0.4 is 5.32 Å². The lowest BCUT2D eigenvalue weighted by molar-refractivity contribution is 0.0667. The molecule has 118 valence electrons. The Labute approximate surface area is 142 Å². The van der Waals surface area contributed by atoms with Gasteiger partial charge in [-0.3, -0.25) is 4.79 Å². The highest BCUT2D eigenvalue weighted by Crippen LogP contribution is 2.24. The zero-order valence-electron chi connectivity index (χ0n) is 12.2. The summed E-state index contributed by atoms with van der Waals surface area (Å²) in [5, 5.41) is 4.27. The summed E-state index contributed by atoms with van der Waals surface area (Å²) in [7, 11) is 0. The molecule has 0 spiro atoms. The SMILES string of the molecule is CC(C)CN(C(=O)c1ccc(Cl)cc1Cl)[C@H]1CCNC1.Cl. The van der Waals surface area contributed by atoms with Crippen LogP contribution in [0.5, 0.6) is 0 Å². The lowest BCUT2D eigenvalue weighted by atomic mass is 10.1. The van der Waals surface area contributed by atoms with E-state index in [0.29, 0.717) is 21.5 Å². The molecular formula is C15H21Cl3N2O. The maximum atomic E-state index is 12.8. The molecule has 21 heavy (non-hydrogen) atoms. The third-order valence-corrected chi connectivity index (χ3v) is 4.01. The van der Waals surface area contributed by atoms with Crippen molar-refractivity contribution in [3.05, 3.63) is 33.8 Å². The van der Waals surface area contributed by atoms with Gasteiger partial charge in [0.1, 0.15) is 0 Å². The first-order valence-electron chi connectivity index (χ1n) is 6.95. The zero-order valence-corrected chi connectivity index (χ0v) is 14.6. The van der Waals surface area contributed by atoms with E-state index in [-0.39, 0.29) is 24.4 Å². The highest BCUT2D eigenvalue weighted by molar-refractivity contribution is 6.36. The van der Waals surface area contributed by atoms with E-state index in [1.165, 1.54) is 0 Å². The maximum Gasteiger partial charge on any atom is 0.255 e. The third kappa shape index (κ3) is 4.75. The molecule has 0 aliphatic carbocycles. The molecule has 6 heteroatoms. The van der Waals surface area contributed by atoms with E-state index >= 15 is 0 Å². The smallest absolute Gasteiger partial charge is 0.255 e. The average molecular weight is 352 g/mol. The summed E-state index contributed by atoms with van der Waals surface area (Å²) < 4.78 is 0. The quantitative estimate of drug-likeness (QED) is 0.893. The number of rotatable bonds is 4. The number of hydrogen-bond donors (Lipinski definition) is 1. The minimum Gasteiger partial charge on any atom is -0.334 e. The van der Waals surface area contributed by atoms with Gasteiger partial charge in [0, 0.05) is 24.2 Å². The van der Waals surface area contributed by atoms with Crippen LogP contribution in [0.1, 0.15) is 30.6 Å². The van der Waals surface area contributed by atoms with E-state index < -0.39 is 0 Å². The van der Waals surface area contributed by atoms with E-state index in [0.717, 1.165) is 26.1 Å². The van der Waals surface area contributed by atoms with Gasteiger partial charge in [-0.25, -0.2) is 0 Å². The van der Waals surface area contributed by atoms with Crippen LogP contribution in [-0.4, -0.2) is 36.5 Å². The molecule has 1 aliphatic heterocycles. The second-order valence-electron chi connectivity index (χ2n) is 5.62. The number of nitrogens with one attached hydrogen (secondary N) is 1. The molecule has 3 nitrogen and oxygen atoms in total. The Morgan fingerprint density at radius 2 is 2.14 bits per heavy atom. The molecule has 0 saturated carbocycles. The topological polar surface area (TPSA) is 32.3 Å². The van der Waals surface area contributed by atoms with Crippen LogP contribution in [0, 0.1) is 5.92 Å². The summed E-state index contributed by atoms with van der Waals surface area (Å²) in [5.41, 5.74) is 0.531. The molecule has 0 unspecified atom stereocenters. The maximum absolute atomic E-state index is 12.8. The molecule has 1 heterocycles. The Morgan fingerprint density at radius 3 is 2.67 bits per heavy atom. The second kappa shape index (κ2) is 8.23. The largest absolute Gasteiger partial charge is 0.334 e. The first-order chi connectivity index (χ1) is 9.49. The van der Waals surface area contributed by atoms with Crippen molar-refractivity contribution in [3.63, 3.8) is 0 Å². The molecule has 0 aromatic heterocycles. The van der Waals surface area contributed by atoms with Gasteiger partial charge in [-0.1, -0.05) is 37.0 Å². The fourth-order valence-corrected chi connectivity index (χ4v) is 3.00. The van der Waals surface area contributed by atoms with Crippen molar-refractivity contribution in [1.82, 2.24) is 10.2 Å². The van der Waals surface area contributed by atoms with Crippen LogP contribution in [0.3, 0.4) is 0 Å². The Balaban J connectivity index is 0.00000220. The first kappa shape index (κ1) is 18.6. The van der Waals surface area contributed by atoms with Gasteiger partial charge < -0.3 is 10.2 Å². The number of hydrogen-bond acceptors (Lipinski definition) is 2. The summed E-state index contributed by atoms with van der Waals surface area (Å²) >= 11 is 12.1. The number of halogens is 3. The van der Waals surface area contributed by atoms with Crippen LogP contribution in [0.2, 0.25) is 10.0 Å². The van der Waals surface area contributed by atoms with Crippen molar-refractivity contribution in [2.24, 2.45) is 5.92 Å². The Hall–Kier alpha value is -0.480. The molecule has 0 radical (unpaired) electrons. The van der Waals surface area contributed by atoms with Crippen LogP contribution in [0.15, 0.2) is 18.2 Å². The third-order valence-electron chi connectivity index (χ3n) is 3.46. The molecule has 1 aliphatic rings. The van der Waals surface area contributed by atoms with Crippen molar-refractivity contribution in [2.45, 2.75) is 26.3 Å². The molecule has 0 bridgehead atoms. The standard InChI is InChI=1S/C15H20Cl2N2O.ClH/c1-10(2)9-19(12-5-6-18-8-12)15(20)13-4-3-11(16)7-14(13)17;/h3-4,7,10,12,18H,5-6,8-9H2,1-2H3;1H/t12-;/m0./s1. The van der Waals surface area contributed by atoms with Crippen molar-refractivity contribution in [3.8, 4) is 0 Å². The molecule has 1 fully saturated rings. The number of carbonyl (C=O) groups excluding carboxylic acids is 1. The Morgan fingerprint density at radius 1 is 1.43 bits per heavy atom. The van der Waals surface area contributed by atoms with Gasteiger partial charge in [0.25, 0.3) is 5.91 Å². The predicted octanol–water partition coefficient (Wildman–Crippen LogP) is 3.88. The fourth-order valence-electron chi connectivity index (χ4n) is 2.51. The number of nitrogens with zero attached hydrogens (tertiary/aromatic N) is 1. The van der Waals surface area contributed by atoms with Crippen LogP contribution in [0.4, 0.5) is 0 Å². The molecule has 1 amide bonds. The van der Waals surface area contributed by atoms with Gasteiger partial charge >= 0.3 is 0 Å². The Kier molecular flexibility index (Phi) is 7.28. The minimum atomic E-state index is -0.00549. The number of amides is 1. The number of benzene rings is 1. The van der Waals surface area contributed by atoms with E-state index in [9.17, 15) is 4.79 Å². The van der Waals surface area contributed by atoms with Crippen molar-refractivity contribution in [1.29, 1.82) is 0 Å². The van der Waals surface area contributed by atoms with Crippen LogP contribution >= 0.6 is 35.6 Å². The first-order valence-corrected chi connectivity index (χ1v) is 7.71. The van der Waals surface area contributed by atoms with Gasteiger partial charge in [-0.2, -0.15) is 0 Å². The summed E-state index contributed by atoms with van der Waals surface area (Å²) in [6, 6.07) is 5.29. The summed E-state index contributed by atoms with van der Waals surface area (Å²) in [6.45, 7) is 6.78. The highest BCUT2D eigenvalue weighted by Gasteiger charge is 2.28. The molecule has 2 rings (SSSR count). The second-order valence-corrected chi connectivity index (χ2v) is 6.47. The van der Waals surface area contributed by atoms with Gasteiger partial charge in [-0.15, -0.1) is 12.4 Å². The van der Waals surface area contributed by atoms with Crippen molar-refractivity contribution < 1.29 is 4.79 Å². The fraction of sp³-hybridized carbons (Fsp3) is 0.533. The molecule has 1 saturated heterocycles. The van der Waals surface area contributed by atoms with Crippen molar-refractivity contribution >= 4 is 41.5 Å². The van der Waals surface area contributed by atoms with Gasteiger partial charge in [0.05, 0.1) is 10.6 Å². The summed E-state index contributed by atoms with van der Waals surface area (Å²) in [5.74, 6) is 0.416. The Bertz CT molecular complexity index is 488. The lowest BCUT2D eigenvalue weighted by Gasteiger charge is -2.30. The van der Waals surface area contributed by atoms with E-state index in [2.05, 4.69) is 19.2 Å². The predicted molar refractivity (Wildman–Crippen MR) is 90.9 cm³/mol. The van der Waals surface area contributed by atoms with Gasteiger partial charge in [0.15, 0.2) is 0 Å². The highest BCUT2D eigenvalue weighted by atomic mass is 35.5. The summed E-state index contributed by atoms with van der Waals surface area (Å²) in [6.07, 6.45) is 0.990. The lowest BCUT2D eigenvalue weighted by Crippen LogP contribution is -2.43. The monoisotopic (exact) mass is 350 g/mol. The molecule has 1 aromatic carbocycles. The summed E-state index contributed by atoms with van der Waals surface area (Å²) in [4.78, 5) is 14.7. The van der Waals surface area contributed by atoms with Gasteiger partial charge in [0.2, 0.25) is 0 Å². The van der Waals surface area contributed by atoms with Crippen molar-refractivity contribution in [2.75, 3.05) is 19.6 Å². The van der Waals surface area contributed by atoms with Crippen LogP contribution in [0.25, 0.3) is 0 Å². The molecular weight excluding hydrogens is 331 g/mol. The van der Waals surface area contributed by atoms with Gasteiger partial charge in [-0.05, 0) is 37.1 Å². The molecule has 1 atom stereocenters. The average Bonchev–Trinajstić information content (AvgIpc) is 2.88. The molecule has 1 aromatic rings. The normalized spacial score (nSPS) is 17.7.